The zero-order valence-corrected chi connectivity index (χ0v) is 22.5. The van der Waals surface area contributed by atoms with Gasteiger partial charge in [0.15, 0.2) is 5.65 Å². The Morgan fingerprint density at radius 3 is 2.18 bits per heavy atom. The number of benzene rings is 1. The number of amides is 1. The standard InChI is InChI=1S/C23H27F2N7O.C6H12/c24-15-6-9-18(17(25)12-15)28-23-29-19-13-27-22(26)30-20(19)32(23)16-7-4-14(5-8-16)21(33)31-10-2-1-3-11-31;1-2-4-6-5-3-1/h6,9,12-14,16H,1-5,7-8,10-11H2,(H,28,29)(H2,26,27,30);1-6H2. The van der Waals surface area contributed by atoms with Crippen molar-refractivity contribution in [3.8, 4) is 0 Å². The van der Waals surface area contributed by atoms with Gasteiger partial charge < -0.3 is 16.0 Å². The van der Waals surface area contributed by atoms with Gasteiger partial charge in [-0.05, 0) is 57.1 Å². The van der Waals surface area contributed by atoms with Crippen molar-refractivity contribution in [2.24, 2.45) is 5.92 Å². The fraction of sp³-hybridized carbons (Fsp3) is 0.586. The number of likely N-dealkylation sites (tertiary alicyclic amines) is 1. The molecule has 1 saturated heterocycles. The van der Waals surface area contributed by atoms with Crippen LogP contribution in [0.15, 0.2) is 24.4 Å². The van der Waals surface area contributed by atoms with Gasteiger partial charge in [-0.3, -0.25) is 9.36 Å². The number of carbonyl (C=O) groups is 1. The average Bonchev–Trinajstić information content (AvgIpc) is 3.33. The first kappa shape index (κ1) is 27.3. The summed E-state index contributed by atoms with van der Waals surface area (Å²) in [5.41, 5.74) is 7.03. The van der Waals surface area contributed by atoms with Crippen molar-refractivity contribution >= 4 is 34.7 Å². The number of rotatable bonds is 4. The Balaban J connectivity index is 0.000000455. The number of halogens is 2. The third kappa shape index (κ3) is 6.65. The second-order valence-electron chi connectivity index (χ2n) is 11.0. The summed E-state index contributed by atoms with van der Waals surface area (Å²) >= 11 is 0. The number of nitrogens with two attached hydrogens (primary N) is 1. The first-order valence-corrected chi connectivity index (χ1v) is 14.5. The molecule has 3 N–H and O–H groups in total. The van der Waals surface area contributed by atoms with Gasteiger partial charge in [-0.25, -0.2) is 18.7 Å². The highest BCUT2D eigenvalue weighted by atomic mass is 19.1. The molecule has 210 valence electrons. The van der Waals surface area contributed by atoms with Crippen molar-refractivity contribution < 1.29 is 13.6 Å². The maximum Gasteiger partial charge on any atom is 0.225 e. The normalized spacial score (nSPS) is 21.7. The summed E-state index contributed by atoms with van der Waals surface area (Å²) in [5.74, 6) is -0.558. The number of anilines is 3. The quantitative estimate of drug-likeness (QED) is 0.392. The number of nitrogens with zero attached hydrogens (tertiary/aromatic N) is 5. The predicted molar refractivity (Wildman–Crippen MR) is 149 cm³/mol. The first-order valence-electron chi connectivity index (χ1n) is 14.5. The van der Waals surface area contributed by atoms with Crippen LogP contribution in [0, 0.1) is 17.6 Å². The molecule has 0 atom stereocenters. The van der Waals surface area contributed by atoms with Crippen LogP contribution in [0.4, 0.5) is 26.4 Å². The summed E-state index contributed by atoms with van der Waals surface area (Å²) in [6, 6.07) is 3.36. The highest BCUT2D eigenvalue weighted by Gasteiger charge is 2.32. The summed E-state index contributed by atoms with van der Waals surface area (Å²) in [5, 5.41) is 2.99. The van der Waals surface area contributed by atoms with Crippen LogP contribution in [-0.2, 0) is 4.79 Å². The number of piperidine rings is 1. The van der Waals surface area contributed by atoms with E-state index in [2.05, 4.69) is 20.3 Å². The largest absolute Gasteiger partial charge is 0.368 e. The molecular weight excluding hydrogens is 500 g/mol. The van der Waals surface area contributed by atoms with E-state index in [0.29, 0.717) is 17.1 Å². The molecule has 8 nitrogen and oxygen atoms in total. The second-order valence-corrected chi connectivity index (χ2v) is 11.0. The molecule has 1 aromatic carbocycles. The monoisotopic (exact) mass is 539 g/mol. The lowest BCUT2D eigenvalue weighted by Gasteiger charge is -2.34. The van der Waals surface area contributed by atoms with E-state index in [9.17, 15) is 13.6 Å². The van der Waals surface area contributed by atoms with Crippen molar-refractivity contribution in [2.75, 3.05) is 24.1 Å². The number of nitrogen functional groups attached to an aromatic ring is 1. The minimum absolute atomic E-state index is 0.0146. The van der Waals surface area contributed by atoms with Crippen LogP contribution in [0.25, 0.3) is 11.2 Å². The zero-order valence-electron chi connectivity index (χ0n) is 22.5. The fourth-order valence-electron chi connectivity index (χ4n) is 6.06. The van der Waals surface area contributed by atoms with E-state index in [1.54, 1.807) is 0 Å². The second kappa shape index (κ2) is 12.7. The fourth-order valence-corrected chi connectivity index (χ4v) is 6.06. The number of nitrogens with one attached hydrogen (secondary N) is 1. The van der Waals surface area contributed by atoms with E-state index in [1.165, 1.54) is 63.3 Å². The summed E-state index contributed by atoms with van der Waals surface area (Å²) in [6.07, 6.45) is 17.0. The molecular formula is C29H39F2N7O. The van der Waals surface area contributed by atoms with Crippen molar-refractivity contribution in [1.82, 2.24) is 24.4 Å². The van der Waals surface area contributed by atoms with E-state index in [4.69, 9.17) is 5.73 Å². The van der Waals surface area contributed by atoms with Gasteiger partial charge in [0.1, 0.15) is 17.2 Å². The summed E-state index contributed by atoms with van der Waals surface area (Å²) in [7, 11) is 0. The number of aromatic nitrogens is 4. The number of hydrogen-bond donors (Lipinski definition) is 2. The zero-order chi connectivity index (χ0) is 27.2. The lowest BCUT2D eigenvalue weighted by Crippen LogP contribution is -2.40. The van der Waals surface area contributed by atoms with Crippen LogP contribution in [0.3, 0.4) is 0 Å². The topological polar surface area (TPSA) is 102 Å². The van der Waals surface area contributed by atoms with Crippen molar-refractivity contribution in [3.63, 3.8) is 0 Å². The molecule has 2 saturated carbocycles. The first-order chi connectivity index (χ1) is 19.0. The van der Waals surface area contributed by atoms with Crippen LogP contribution in [0.2, 0.25) is 0 Å². The van der Waals surface area contributed by atoms with E-state index in [-0.39, 0.29) is 29.5 Å². The smallest absolute Gasteiger partial charge is 0.225 e. The predicted octanol–water partition coefficient (Wildman–Crippen LogP) is 6.51. The van der Waals surface area contributed by atoms with E-state index >= 15 is 0 Å². The lowest BCUT2D eigenvalue weighted by atomic mass is 9.84. The van der Waals surface area contributed by atoms with Gasteiger partial charge in [-0.15, -0.1) is 0 Å². The van der Waals surface area contributed by atoms with Gasteiger partial charge in [-0.1, -0.05) is 38.5 Å². The molecule has 3 aromatic rings. The van der Waals surface area contributed by atoms with E-state index < -0.39 is 11.6 Å². The van der Waals surface area contributed by atoms with Crippen LogP contribution in [0.5, 0.6) is 0 Å². The molecule has 39 heavy (non-hydrogen) atoms. The van der Waals surface area contributed by atoms with Crippen LogP contribution in [0.1, 0.15) is 89.5 Å². The molecule has 0 bridgehead atoms. The average molecular weight is 540 g/mol. The van der Waals surface area contributed by atoms with Crippen LogP contribution in [-0.4, -0.2) is 43.4 Å². The van der Waals surface area contributed by atoms with E-state index in [1.807, 2.05) is 9.47 Å². The Morgan fingerprint density at radius 2 is 1.54 bits per heavy atom. The Kier molecular flexibility index (Phi) is 8.88. The molecule has 2 aliphatic carbocycles. The number of carbonyl (C=O) groups excluding carboxylic acids is 1. The molecule has 3 fully saturated rings. The number of fused-ring (bicyclic) bond motifs is 1. The molecule has 1 aliphatic heterocycles. The number of hydrogen-bond acceptors (Lipinski definition) is 6. The summed E-state index contributed by atoms with van der Waals surface area (Å²) < 4.78 is 29.6. The van der Waals surface area contributed by atoms with Crippen LogP contribution >= 0.6 is 0 Å². The maximum absolute atomic E-state index is 14.3. The molecule has 6 rings (SSSR count). The van der Waals surface area contributed by atoms with Crippen molar-refractivity contribution in [3.05, 3.63) is 36.0 Å². The highest BCUT2D eigenvalue weighted by molar-refractivity contribution is 5.79. The highest BCUT2D eigenvalue weighted by Crippen LogP contribution is 2.38. The molecule has 3 heterocycles. The maximum atomic E-state index is 14.3. The van der Waals surface area contributed by atoms with Crippen molar-refractivity contribution in [1.29, 1.82) is 0 Å². The Morgan fingerprint density at radius 1 is 0.897 bits per heavy atom. The Labute approximate surface area is 228 Å². The van der Waals surface area contributed by atoms with E-state index in [0.717, 1.165) is 57.7 Å². The molecule has 2 aromatic heterocycles. The molecule has 0 unspecified atom stereocenters. The van der Waals surface area contributed by atoms with Gasteiger partial charge in [-0.2, -0.15) is 4.98 Å². The molecule has 0 spiro atoms. The summed E-state index contributed by atoms with van der Waals surface area (Å²) in [6.45, 7) is 1.72. The van der Waals surface area contributed by atoms with Crippen molar-refractivity contribution in [2.45, 2.75) is 89.5 Å². The number of imidazole rings is 1. The third-order valence-electron chi connectivity index (χ3n) is 8.21. The van der Waals surface area contributed by atoms with Gasteiger partial charge in [0.05, 0.1) is 11.9 Å². The molecule has 10 heteroatoms. The Hall–Kier alpha value is -3.30. The Bertz CT molecular complexity index is 1250. The van der Waals surface area contributed by atoms with Crippen LogP contribution < -0.4 is 11.1 Å². The molecule has 3 aliphatic rings. The summed E-state index contributed by atoms with van der Waals surface area (Å²) in [4.78, 5) is 27.9. The lowest BCUT2D eigenvalue weighted by molar-refractivity contribution is -0.137. The minimum atomic E-state index is -0.713. The SMILES string of the molecule is C1CCCCC1.Nc1ncc2nc(Nc3ccc(F)cc3F)n(C3CCC(C(=O)N4CCCCC4)CC3)c2n1. The molecule has 1 amide bonds. The van der Waals surface area contributed by atoms with Gasteiger partial charge in [0.2, 0.25) is 17.8 Å². The molecule has 0 radical (unpaired) electrons. The van der Waals surface area contributed by atoms with Gasteiger partial charge >= 0.3 is 0 Å². The third-order valence-corrected chi connectivity index (χ3v) is 8.21. The van der Waals surface area contributed by atoms with Gasteiger partial charge in [0, 0.05) is 31.1 Å². The minimum Gasteiger partial charge on any atom is -0.368 e. The van der Waals surface area contributed by atoms with Gasteiger partial charge in [0.25, 0.3) is 0 Å².